The van der Waals surface area contributed by atoms with E-state index in [0.29, 0.717) is 5.92 Å². The molecule has 0 radical (unpaired) electrons. The van der Waals surface area contributed by atoms with Crippen LogP contribution in [0.15, 0.2) is 60.8 Å². The van der Waals surface area contributed by atoms with E-state index >= 15 is 0 Å². The Balaban J connectivity index is 1.35. The summed E-state index contributed by atoms with van der Waals surface area (Å²) in [5.41, 5.74) is 8.31. The minimum Gasteiger partial charge on any atom is -0.367 e. The second-order valence-corrected chi connectivity index (χ2v) is 9.01. The SMILES string of the molecule is Fc1cccc(CN2CCc3ccc(-c4ccnc5[nH]c(C6CCNCC6)cc45)cc32)c1. The summed E-state index contributed by atoms with van der Waals surface area (Å²) in [6.45, 7) is 3.84. The molecule has 4 heterocycles. The van der Waals surface area contributed by atoms with E-state index in [1.807, 2.05) is 12.3 Å². The smallest absolute Gasteiger partial charge is 0.138 e. The van der Waals surface area contributed by atoms with Gasteiger partial charge in [0.1, 0.15) is 11.5 Å². The van der Waals surface area contributed by atoms with E-state index in [4.69, 9.17) is 0 Å². The summed E-state index contributed by atoms with van der Waals surface area (Å²) in [5.74, 6) is 0.395. The standard InChI is InChI=1S/C27H27FN4/c28-22-3-1-2-18(14-22)17-32-13-9-20-4-5-21(15-26(20)32)23-8-12-30-27-24(23)16-25(31-27)19-6-10-29-11-7-19/h1-5,8,12,14-16,19,29H,6-7,9-11,13,17H2,(H,30,31). The normalized spacial score (nSPS) is 16.6. The number of rotatable bonds is 4. The first kappa shape index (κ1) is 19.5. The minimum absolute atomic E-state index is 0.174. The highest BCUT2D eigenvalue weighted by molar-refractivity contribution is 5.94. The second-order valence-electron chi connectivity index (χ2n) is 9.01. The van der Waals surface area contributed by atoms with Gasteiger partial charge in [-0.15, -0.1) is 0 Å². The first-order valence-electron chi connectivity index (χ1n) is 11.6. The molecule has 32 heavy (non-hydrogen) atoms. The zero-order valence-electron chi connectivity index (χ0n) is 18.1. The molecule has 1 saturated heterocycles. The molecular formula is C27H27FN4. The number of nitrogens with zero attached hydrogens (tertiary/aromatic N) is 2. The van der Waals surface area contributed by atoms with Crippen molar-refractivity contribution in [2.45, 2.75) is 31.7 Å². The van der Waals surface area contributed by atoms with Gasteiger partial charge in [0.2, 0.25) is 0 Å². The summed E-state index contributed by atoms with van der Waals surface area (Å²) in [7, 11) is 0. The molecule has 5 heteroatoms. The molecule has 4 aromatic rings. The van der Waals surface area contributed by atoms with Crippen LogP contribution in [0.4, 0.5) is 10.1 Å². The van der Waals surface area contributed by atoms with Crippen LogP contribution in [0, 0.1) is 5.82 Å². The summed E-state index contributed by atoms with van der Waals surface area (Å²) in [6, 6.07) is 18.1. The highest BCUT2D eigenvalue weighted by Crippen LogP contribution is 2.37. The summed E-state index contributed by atoms with van der Waals surface area (Å²) in [5, 5.41) is 4.64. The van der Waals surface area contributed by atoms with Gasteiger partial charge in [-0.05, 0) is 84.9 Å². The van der Waals surface area contributed by atoms with E-state index in [1.165, 1.54) is 39.5 Å². The van der Waals surface area contributed by atoms with Crippen molar-refractivity contribution in [3.05, 3.63) is 83.4 Å². The van der Waals surface area contributed by atoms with Crippen LogP contribution in [0.1, 0.15) is 35.6 Å². The number of piperidine rings is 1. The maximum atomic E-state index is 13.7. The van der Waals surface area contributed by atoms with Gasteiger partial charge in [0.25, 0.3) is 0 Å². The molecule has 2 aromatic heterocycles. The van der Waals surface area contributed by atoms with E-state index in [-0.39, 0.29) is 5.82 Å². The van der Waals surface area contributed by atoms with Gasteiger partial charge in [0.05, 0.1) is 0 Å². The van der Waals surface area contributed by atoms with Crippen LogP contribution in [0.25, 0.3) is 22.2 Å². The van der Waals surface area contributed by atoms with Gasteiger partial charge in [-0.1, -0.05) is 24.3 Å². The molecular weight excluding hydrogens is 399 g/mol. The number of H-pyrrole nitrogens is 1. The Kier molecular flexibility index (Phi) is 4.91. The Morgan fingerprint density at radius 2 is 1.94 bits per heavy atom. The fourth-order valence-corrected chi connectivity index (χ4v) is 5.28. The molecule has 0 spiro atoms. The van der Waals surface area contributed by atoms with Gasteiger partial charge in [-0.25, -0.2) is 9.37 Å². The second kappa shape index (κ2) is 8.06. The number of hydrogen-bond donors (Lipinski definition) is 2. The van der Waals surface area contributed by atoms with Crippen molar-refractivity contribution >= 4 is 16.7 Å². The average Bonchev–Trinajstić information content (AvgIpc) is 3.44. The lowest BCUT2D eigenvalue weighted by molar-refractivity contribution is 0.455. The topological polar surface area (TPSA) is 44.0 Å². The molecule has 0 atom stereocenters. The monoisotopic (exact) mass is 426 g/mol. The summed E-state index contributed by atoms with van der Waals surface area (Å²) >= 11 is 0. The van der Waals surface area contributed by atoms with E-state index in [1.54, 1.807) is 12.1 Å². The van der Waals surface area contributed by atoms with Gasteiger partial charge in [0.15, 0.2) is 0 Å². The maximum absolute atomic E-state index is 13.7. The van der Waals surface area contributed by atoms with Crippen LogP contribution >= 0.6 is 0 Å². The van der Waals surface area contributed by atoms with Crippen LogP contribution in [0.5, 0.6) is 0 Å². The molecule has 0 amide bonds. The van der Waals surface area contributed by atoms with E-state index < -0.39 is 0 Å². The highest BCUT2D eigenvalue weighted by Gasteiger charge is 2.22. The molecule has 162 valence electrons. The summed E-state index contributed by atoms with van der Waals surface area (Å²) in [4.78, 5) is 10.6. The van der Waals surface area contributed by atoms with E-state index in [0.717, 1.165) is 56.7 Å². The van der Waals surface area contributed by atoms with Crippen molar-refractivity contribution in [2.24, 2.45) is 0 Å². The molecule has 4 nitrogen and oxygen atoms in total. The number of halogens is 1. The van der Waals surface area contributed by atoms with E-state index in [2.05, 4.69) is 50.5 Å². The fraction of sp³-hybridized carbons (Fsp3) is 0.296. The zero-order chi connectivity index (χ0) is 21.5. The van der Waals surface area contributed by atoms with Crippen molar-refractivity contribution in [2.75, 3.05) is 24.5 Å². The first-order chi connectivity index (χ1) is 15.7. The largest absolute Gasteiger partial charge is 0.367 e. The zero-order valence-corrected chi connectivity index (χ0v) is 18.1. The number of nitrogens with one attached hydrogen (secondary N) is 2. The third-order valence-electron chi connectivity index (χ3n) is 6.98. The van der Waals surface area contributed by atoms with Crippen LogP contribution in [-0.4, -0.2) is 29.6 Å². The molecule has 6 rings (SSSR count). The quantitative estimate of drug-likeness (QED) is 0.459. The summed E-state index contributed by atoms with van der Waals surface area (Å²) in [6.07, 6.45) is 5.25. The number of aromatic nitrogens is 2. The Bertz CT molecular complexity index is 1270. The number of anilines is 1. The highest BCUT2D eigenvalue weighted by atomic mass is 19.1. The molecule has 1 fully saturated rings. The predicted molar refractivity (Wildman–Crippen MR) is 128 cm³/mol. The average molecular weight is 427 g/mol. The number of fused-ring (bicyclic) bond motifs is 2. The maximum Gasteiger partial charge on any atom is 0.138 e. The van der Waals surface area contributed by atoms with Crippen LogP contribution < -0.4 is 10.2 Å². The Morgan fingerprint density at radius 1 is 1.03 bits per heavy atom. The molecule has 2 aliphatic heterocycles. The third kappa shape index (κ3) is 3.56. The predicted octanol–water partition coefficient (Wildman–Crippen LogP) is 5.40. The lowest BCUT2D eigenvalue weighted by atomic mass is 9.94. The van der Waals surface area contributed by atoms with Crippen molar-refractivity contribution in [3.8, 4) is 11.1 Å². The van der Waals surface area contributed by atoms with Crippen LogP contribution in [0.2, 0.25) is 0 Å². The first-order valence-corrected chi connectivity index (χ1v) is 11.6. The van der Waals surface area contributed by atoms with Gasteiger partial charge in [-0.2, -0.15) is 0 Å². The lowest BCUT2D eigenvalue weighted by Crippen LogP contribution is -2.26. The Labute approximate surface area is 187 Å². The van der Waals surface area contributed by atoms with Gasteiger partial charge in [-0.3, -0.25) is 0 Å². The molecule has 0 aliphatic carbocycles. The summed E-state index contributed by atoms with van der Waals surface area (Å²) < 4.78 is 13.7. The van der Waals surface area contributed by atoms with Gasteiger partial charge < -0.3 is 15.2 Å². The molecule has 2 N–H and O–H groups in total. The number of benzene rings is 2. The number of hydrogen-bond acceptors (Lipinski definition) is 3. The molecule has 2 aromatic carbocycles. The van der Waals surface area contributed by atoms with Crippen LogP contribution in [-0.2, 0) is 13.0 Å². The molecule has 0 unspecified atom stereocenters. The van der Waals surface area contributed by atoms with Crippen molar-refractivity contribution in [3.63, 3.8) is 0 Å². The Hall–Kier alpha value is -3.18. The molecule has 2 aliphatic rings. The van der Waals surface area contributed by atoms with Gasteiger partial charge >= 0.3 is 0 Å². The third-order valence-corrected chi connectivity index (χ3v) is 6.98. The van der Waals surface area contributed by atoms with Gasteiger partial charge in [0, 0.05) is 42.0 Å². The fourth-order valence-electron chi connectivity index (χ4n) is 5.28. The minimum atomic E-state index is -0.174. The number of pyridine rings is 1. The molecule has 0 saturated carbocycles. The molecule has 0 bridgehead atoms. The number of aromatic amines is 1. The van der Waals surface area contributed by atoms with E-state index in [9.17, 15) is 4.39 Å². The Morgan fingerprint density at radius 3 is 2.81 bits per heavy atom. The van der Waals surface area contributed by atoms with Crippen molar-refractivity contribution in [1.82, 2.24) is 15.3 Å². The van der Waals surface area contributed by atoms with Crippen LogP contribution in [0.3, 0.4) is 0 Å². The van der Waals surface area contributed by atoms with Crippen molar-refractivity contribution < 1.29 is 4.39 Å². The lowest BCUT2D eigenvalue weighted by Gasteiger charge is -2.21. The van der Waals surface area contributed by atoms with Crippen molar-refractivity contribution in [1.29, 1.82) is 0 Å².